The van der Waals surface area contributed by atoms with Crippen LogP contribution in [0, 0.1) is 17.1 Å². The molecule has 3 amide bonds. The third kappa shape index (κ3) is 5.93. The molecule has 0 bridgehead atoms. The normalized spacial score (nSPS) is 21.8. The van der Waals surface area contributed by atoms with Crippen LogP contribution in [0.2, 0.25) is 0 Å². The molecule has 3 atom stereocenters. The smallest absolute Gasteiger partial charge is 0.381 e. The van der Waals surface area contributed by atoms with Crippen LogP contribution in [-0.4, -0.2) is 75.8 Å². The van der Waals surface area contributed by atoms with Crippen LogP contribution in [-0.2, 0) is 15.7 Å². The topological polar surface area (TPSA) is 133 Å². The lowest BCUT2D eigenvalue weighted by Crippen LogP contribution is -2.56. The van der Waals surface area contributed by atoms with E-state index < -0.39 is 53.3 Å². The zero-order valence-electron chi connectivity index (χ0n) is 25.3. The third-order valence-corrected chi connectivity index (χ3v) is 8.88. The molecule has 246 valence electrons. The van der Waals surface area contributed by atoms with Crippen molar-refractivity contribution in [1.82, 2.24) is 25.0 Å². The summed E-state index contributed by atoms with van der Waals surface area (Å²) in [5.41, 5.74) is -1.05. The predicted octanol–water partition coefficient (Wildman–Crippen LogP) is 4.21. The quantitative estimate of drug-likeness (QED) is 0.394. The number of carbonyl (C=O) groups is 3. The lowest BCUT2D eigenvalue weighted by atomic mass is 9.82. The summed E-state index contributed by atoms with van der Waals surface area (Å²) in [5.74, 6) is -3.67. The number of anilines is 1. The van der Waals surface area contributed by atoms with E-state index in [-0.39, 0.29) is 35.1 Å². The van der Waals surface area contributed by atoms with Crippen LogP contribution in [0.5, 0.6) is 0 Å². The van der Waals surface area contributed by atoms with E-state index in [0.29, 0.717) is 57.3 Å². The number of nitrogens with zero attached hydrogens (tertiary/aromatic N) is 6. The standard InChI is InChI=1S/C32H31F4N7O4/c1-2-41-29-25(27(31(46)42-12-4-7-22(42)16-37)40-43(29)21-10-13-47-14-11-21)24(23-9-8-20(33)17-38-23)26(30(41)45)39-28(44)18-5-3-6-19(15-18)32(34,35)36/h3,5-6,8-9,15,17,21-22,24,26H,2,4,7,10-14H2,1H3,(H,39,44)/t22-,24-,26-/m0/s1. The average molecular weight is 654 g/mol. The van der Waals surface area contributed by atoms with Crippen molar-refractivity contribution in [2.24, 2.45) is 0 Å². The fourth-order valence-corrected chi connectivity index (χ4v) is 6.60. The largest absolute Gasteiger partial charge is 0.416 e. The number of amides is 3. The highest BCUT2D eigenvalue weighted by Gasteiger charge is 2.49. The highest BCUT2D eigenvalue weighted by molar-refractivity contribution is 6.07. The fraction of sp³-hybridized carbons (Fsp3) is 0.438. The molecule has 0 aliphatic carbocycles. The van der Waals surface area contributed by atoms with E-state index in [2.05, 4.69) is 16.4 Å². The van der Waals surface area contributed by atoms with Gasteiger partial charge in [-0.2, -0.15) is 23.5 Å². The van der Waals surface area contributed by atoms with E-state index in [1.807, 2.05) is 0 Å². The Balaban J connectivity index is 1.54. The number of benzene rings is 1. The molecule has 2 aromatic heterocycles. The number of hydrogen-bond donors (Lipinski definition) is 1. The Kier molecular flexibility index (Phi) is 8.71. The van der Waals surface area contributed by atoms with Gasteiger partial charge in [-0.25, -0.2) is 9.07 Å². The zero-order valence-corrected chi connectivity index (χ0v) is 25.3. The summed E-state index contributed by atoms with van der Waals surface area (Å²) >= 11 is 0. The van der Waals surface area contributed by atoms with Gasteiger partial charge in [-0.3, -0.25) is 24.3 Å². The van der Waals surface area contributed by atoms with Gasteiger partial charge in [0.05, 0.1) is 35.5 Å². The molecule has 1 aromatic carbocycles. The van der Waals surface area contributed by atoms with Gasteiger partial charge in [0.1, 0.15) is 23.7 Å². The lowest BCUT2D eigenvalue weighted by Gasteiger charge is -2.39. The van der Waals surface area contributed by atoms with Crippen LogP contribution in [0.15, 0.2) is 42.6 Å². The second-order valence-corrected chi connectivity index (χ2v) is 11.7. The highest BCUT2D eigenvalue weighted by Crippen LogP contribution is 2.45. The van der Waals surface area contributed by atoms with Crippen molar-refractivity contribution in [2.75, 3.05) is 31.2 Å². The van der Waals surface area contributed by atoms with Crippen molar-refractivity contribution in [2.45, 2.75) is 62.8 Å². The van der Waals surface area contributed by atoms with E-state index in [4.69, 9.17) is 9.84 Å². The van der Waals surface area contributed by atoms with Crippen molar-refractivity contribution >= 4 is 23.5 Å². The summed E-state index contributed by atoms with van der Waals surface area (Å²) in [6.45, 7) is 2.95. The minimum Gasteiger partial charge on any atom is -0.381 e. The minimum atomic E-state index is -4.71. The zero-order chi connectivity index (χ0) is 33.5. The molecular formula is C32H31F4N7O4. The lowest BCUT2D eigenvalue weighted by molar-refractivity contribution is -0.137. The van der Waals surface area contributed by atoms with E-state index in [0.717, 1.165) is 24.4 Å². The predicted molar refractivity (Wildman–Crippen MR) is 158 cm³/mol. The first-order chi connectivity index (χ1) is 22.5. The summed E-state index contributed by atoms with van der Waals surface area (Å²) in [6.07, 6.45) is -1.63. The Hall–Kier alpha value is -4.84. The van der Waals surface area contributed by atoms with Crippen molar-refractivity contribution < 1.29 is 36.7 Å². The molecule has 5 heterocycles. The number of alkyl halides is 3. The van der Waals surface area contributed by atoms with Gasteiger partial charge in [0.2, 0.25) is 0 Å². The molecule has 15 heteroatoms. The summed E-state index contributed by atoms with van der Waals surface area (Å²) < 4.78 is 61.7. The molecule has 0 radical (unpaired) electrons. The molecule has 0 saturated carbocycles. The van der Waals surface area contributed by atoms with Crippen molar-refractivity contribution in [1.29, 1.82) is 5.26 Å². The van der Waals surface area contributed by atoms with E-state index in [1.165, 1.54) is 21.9 Å². The molecule has 47 heavy (non-hydrogen) atoms. The summed E-state index contributed by atoms with van der Waals surface area (Å²) in [4.78, 5) is 49.2. The molecule has 3 aromatic rings. The Bertz CT molecular complexity index is 1730. The number of likely N-dealkylation sites (N-methyl/N-ethyl adjacent to an activating group) is 1. The number of nitriles is 1. The van der Waals surface area contributed by atoms with Crippen LogP contribution in [0.3, 0.4) is 0 Å². The van der Waals surface area contributed by atoms with Crippen LogP contribution < -0.4 is 10.2 Å². The molecule has 1 N–H and O–H groups in total. The maximum absolute atomic E-state index is 14.4. The number of fused-ring (bicyclic) bond motifs is 1. The number of hydrogen-bond acceptors (Lipinski definition) is 7. The van der Waals surface area contributed by atoms with Gasteiger partial charge in [-0.05, 0) is 62.9 Å². The summed E-state index contributed by atoms with van der Waals surface area (Å²) in [6, 6.07) is 5.99. The Morgan fingerprint density at radius 2 is 1.91 bits per heavy atom. The Labute approximate surface area is 267 Å². The van der Waals surface area contributed by atoms with Crippen LogP contribution in [0.25, 0.3) is 0 Å². The second kappa shape index (κ2) is 12.7. The van der Waals surface area contributed by atoms with Crippen molar-refractivity contribution in [3.63, 3.8) is 0 Å². The third-order valence-electron chi connectivity index (χ3n) is 8.88. The van der Waals surface area contributed by atoms with Gasteiger partial charge >= 0.3 is 6.18 Å². The SMILES string of the molecule is CCN1C(=O)[C@@H](NC(=O)c2cccc(C(F)(F)F)c2)[C@@H](c2ccc(F)cn2)c2c(C(=O)N3CCC[C@H]3C#N)nn(C3CCOCC3)c21. The van der Waals surface area contributed by atoms with Crippen LogP contribution >= 0.6 is 0 Å². The molecule has 3 aliphatic rings. The number of nitrogens with one attached hydrogen (secondary N) is 1. The first-order valence-electron chi connectivity index (χ1n) is 15.3. The second-order valence-electron chi connectivity index (χ2n) is 11.7. The van der Waals surface area contributed by atoms with Crippen LogP contribution in [0.1, 0.15) is 82.2 Å². The first kappa shape index (κ1) is 32.1. The highest BCUT2D eigenvalue weighted by atomic mass is 19.4. The number of ether oxygens (including phenoxy) is 1. The Morgan fingerprint density at radius 3 is 2.57 bits per heavy atom. The van der Waals surface area contributed by atoms with Gasteiger partial charge in [0.25, 0.3) is 17.7 Å². The number of pyridine rings is 1. The number of aromatic nitrogens is 3. The van der Waals surface area contributed by atoms with E-state index in [1.54, 1.807) is 11.6 Å². The molecule has 3 aliphatic heterocycles. The van der Waals surface area contributed by atoms with Crippen molar-refractivity contribution in [3.8, 4) is 6.07 Å². The van der Waals surface area contributed by atoms with Gasteiger partial charge < -0.3 is 15.0 Å². The molecule has 11 nitrogen and oxygen atoms in total. The van der Waals surface area contributed by atoms with E-state index in [9.17, 15) is 37.2 Å². The fourth-order valence-electron chi connectivity index (χ4n) is 6.60. The maximum atomic E-state index is 14.4. The molecule has 2 saturated heterocycles. The van der Waals surface area contributed by atoms with E-state index >= 15 is 0 Å². The molecule has 6 rings (SSSR count). The van der Waals surface area contributed by atoms with Gasteiger partial charge in [-0.15, -0.1) is 0 Å². The minimum absolute atomic E-state index is 0.0472. The molecule has 2 fully saturated rings. The van der Waals surface area contributed by atoms with Gasteiger partial charge in [0.15, 0.2) is 5.69 Å². The van der Waals surface area contributed by atoms with Gasteiger partial charge in [-0.1, -0.05) is 6.07 Å². The monoisotopic (exact) mass is 653 g/mol. The molecule has 0 unspecified atom stereocenters. The van der Waals surface area contributed by atoms with Crippen molar-refractivity contribution in [3.05, 3.63) is 76.5 Å². The summed E-state index contributed by atoms with van der Waals surface area (Å²) in [5, 5.41) is 17.2. The molecular weight excluding hydrogens is 622 g/mol. The van der Waals surface area contributed by atoms with Gasteiger partial charge in [0, 0.05) is 37.4 Å². The number of likely N-dealkylation sites (tertiary alicyclic amines) is 1. The first-order valence-corrected chi connectivity index (χ1v) is 15.3. The number of rotatable bonds is 6. The number of halogens is 4. The number of carbonyl (C=O) groups excluding carboxylic acids is 3. The Morgan fingerprint density at radius 1 is 1.15 bits per heavy atom. The maximum Gasteiger partial charge on any atom is 0.416 e. The molecule has 0 spiro atoms. The van der Waals surface area contributed by atoms with Crippen LogP contribution in [0.4, 0.5) is 23.4 Å². The summed E-state index contributed by atoms with van der Waals surface area (Å²) in [7, 11) is 0. The average Bonchev–Trinajstić information content (AvgIpc) is 3.71.